The summed E-state index contributed by atoms with van der Waals surface area (Å²) in [6.07, 6.45) is 7.01. The van der Waals surface area contributed by atoms with Gasteiger partial charge in [-0.15, -0.1) is 0 Å². The minimum absolute atomic E-state index is 0.372. The van der Waals surface area contributed by atoms with Crippen LogP contribution in [0.5, 0.6) is 0 Å². The lowest BCUT2D eigenvalue weighted by Crippen LogP contribution is -2.36. The Morgan fingerprint density at radius 3 is 2.00 bits per heavy atom. The third-order valence-electron chi connectivity index (χ3n) is 4.50. The molecule has 1 aliphatic heterocycles. The normalized spacial score (nSPS) is 18.1. The summed E-state index contributed by atoms with van der Waals surface area (Å²) >= 11 is 0. The van der Waals surface area contributed by atoms with Gasteiger partial charge in [-0.3, -0.25) is 9.98 Å². The first-order chi connectivity index (χ1) is 13.3. The average Bonchev–Trinajstić information content (AvgIpc) is 3.08. The van der Waals surface area contributed by atoms with E-state index in [0.29, 0.717) is 6.42 Å². The molecule has 1 atom stereocenters. The van der Waals surface area contributed by atoms with Crippen molar-refractivity contribution >= 4 is 11.7 Å². The summed E-state index contributed by atoms with van der Waals surface area (Å²) in [5.41, 5.74) is 2.53. The van der Waals surface area contributed by atoms with Gasteiger partial charge in [-0.05, 0) is 23.8 Å². The Balaban J connectivity index is 1.85. The van der Waals surface area contributed by atoms with Crippen LogP contribution in [0, 0.1) is 0 Å². The zero-order valence-electron chi connectivity index (χ0n) is 14.7. The monoisotopic (exact) mass is 354 g/mol. The molecule has 0 aliphatic carbocycles. The van der Waals surface area contributed by atoms with Crippen molar-refractivity contribution in [3.63, 3.8) is 0 Å². The van der Waals surface area contributed by atoms with Crippen LogP contribution in [0.1, 0.15) is 16.7 Å². The lowest BCUT2D eigenvalue weighted by atomic mass is 9.91. The number of rotatable bonds is 5. The fourth-order valence-corrected chi connectivity index (χ4v) is 3.13. The number of hydrogen-bond acceptors (Lipinski definition) is 4. The van der Waals surface area contributed by atoms with Crippen LogP contribution in [0.3, 0.4) is 0 Å². The van der Waals surface area contributed by atoms with Crippen LogP contribution in [0.4, 0.5) is 0 Å². The number of aromatic nitrogens is 1. The molecule has 1 aliphatic rings. The molecule has 1 aromatic heterocycles. The molecular formula is C23H18N2O2. The van der Waals surface area contributed by atoms with E-state index in [2.05, 4.69) is 4.98 Å². The van der Waals surface area contributed by atoms with Crippen molar-refractivity contribution in [1.82, 2.24) is 4.98 Å². The Kier molecular flexibility index (Phi) is 4.62. The second kappa shape index (κ2) is 7.38. The van der Waals surface area contributed by atoms with E-state index in [0.717, 1.165) is 22.4 Å². The van der Waals surface area contributed by atoms with Crippen LogP contribution in [0.25, 0.3) is 0 Å². The Labute approximate surface area is 157 Å². The van der Waals surface area contributed by atoms with Gasteiger partial charge in [0.1, 0.15) is 0 Å². The largest absolute Gasteiger partial charge is 0.433 e. The molecule has 27 heavy (non-hydrogen) atoms. The molecule has 0 fully saturated rings. The molecule has 4 nitrogen and oxygen atoms in total. The van der Waals surface area contributed by atoms with Crippen molar-refractivity contribution in [2.75, 3.05) is 0 Å². The Morgan fingerprint density at radius 2 is 1.48 bits per heavy atom. The molecule has 0 spiro atoms. The number of pyridine rings is 1. The first-order valence-corrected chi connectivity index (χ1v) is 8.75. The van der Waals surface area contributed by atoms with E-state index in [9.17, 15) is 4.79 Å². The van der Waals surface area contributed by atoms with Gasteiger partial charge < -0.3 is 4.74 Å². The second-order valence-corrected chi connectivity index (χ2v) is 6.36. The van der Waals surface area contributed by atoms with Gasteiger partial charge in [-0.1, -0.05) is 60.7 Å². The minimum atomic E-state index is -1.09. The highest BCUT2D eigenvalue weighted by molar-refractivity contribution is 6.14. The number of benzene rings is 2. The molecule has 3 aromatic rings. The topological polar surface area (TPSA) is 51.5 Å². The van der Waals surface area contributed by atoms with E-state index in [1.54, 1.807) is 18.5 Å². The highest BCUT2D eigenvalue weighted by Crippen LogP contribution is 2.28. The highest BCUT2D eigenvalue weighted by Gasteiger charge is 2.41. The van der Waals surface area contributed by atoms with Gasteiger partial charge in [0.05, 0.1) is 12.0 Å². The van der Waals surface area contributed by atoms with Crippen molar-refractivity contribution in [1.29, 1.82) is 0 Å². The molecule has 0 saturated carbocycles. The maximum absolute atomic E-state index is 12.7. The zero-order valence-corrected chi connectivity index (χ0v) is 14.7. The number of nitrogens with zero attached hydrogens (tertiary/aromatic N) is 2. The quantitative estimate of drug-likeness (QED) is 0.515. The number of esters is 1. The summed E-state index contributed by atoms with van der Waals surface area (Å²) < 4.78 is 5.17. The highest BCUT2D eigenvalue weighted by atomic mass is 16.5. The van der Waals surface area contributed by atoms with E-state index >= 15 is 0 Å². The number of hydrogen-bond donors (Lipinski definition) is 0. The third-order valence-corrected chi connectivity index (χ3v) is 4.50. The molecule has 2 heterocycles. The first kappa shape index (κ1) is 16.9. The number of carbonyl (C=O) groups is 1. The van der Waals surface area contributed by atoms with Gasteiger partial charge in [0.25, 0.3) is 0 Å². The Morgan fingerprint density at radius 1 is 0.889 bits per heavy atom. The van der Waals surface area contributed by atoms with E-state index in [4.69, 9.17) is 9.73 Å². The zero-order chi connectivity index (χ0) is 18.5. The lowest BCUT2D eigenvalue weighted by molar-refractivity contribution is -0.139. The van der Waals surface area contributed by atoms with Crippen molar-refractivity contribution in [2.24, 2.45) is 4.99 Å². The summed E-state index contributed by atoms with van der Waals surface area (Å²) in [6.45, 7) is 0. The summed E-state index contributed by atoms with van der Waals surface area (Å²) in [6, 6.07) is 23.5. The van der Waals surface area contributed by atoms with Crippen molar-refractivity contribution in [2.45, 2.75) is 12.0 Å². The molecule has 0 bridgehead atoms. The van der Waals surface area contributed by atoms with Gasteiger partial charge in [0, 0.05) is 29.9 Å². The number of aliphatic imine (C=N–C) groups is 1. The minimum Gasteiger partial charge on any atom is -0.433 e. The SMILES string of the molecule is O=C1OC=CC1(Cc1ccncc1)N=C(c1ccccc1)c1ccccc1. The van der Waals surface area contributed by atoms with Crippen LogP contribution >= 0.6 is 0 Å². The molecular weight excluding hydrogens is 336 g/mol. The fourth-order valence-electron chi connectivity index (χ4n) is 3.13. The van der Waals surface area contributed by atoms with Crippen molar-refractivity contribution in [3.05, 3.63) is 114 Å². The molecule has 0 amide bonds. The van der Waals surface area contributed by atoms with Gasteiger partial charge in [0.2, 0.25) is 0 Å². The number of ether oxygens (including phenoxy) is 1. The Bertz CT molecular complexity index is 941. The molecule has 4 heteroatoms. The summed E-state index contributed by atoms with van der Waals surface area (Å²) in [4.78, 5) is 21.7. The van der Waals surface area contributed by atoms with Gasteiger partial charge in [-0.25, -0.2) is 4.79 Å². The van der Waals surface area contributed by atoms with Gasteiger partial charge in [-0.2, -0.15) is 0 Å². The molecule has 4 rings (SSSR count). The molecule has 1 unspecified atom stereocenters. The average molecular weight is 354 g/mol. The third kappa shape index (κ3) is 3.55. The molecule has 0 saturated heterocycles. The van der Waals surface area contributed by atoms with E-state index in [-0.39, 0.29) is 5.97 Å². The predicted molar refractivity (Wildman–Crippen MR) is 104 cm³/mol. The van der Waals surface area contributed by atoms with Gasteiger partial charge in [0.15, 0.2) is 5.54 Å². The van der Waals surface area contributed by atoms with E-state index < -0.39 is 5.54 Å². The Hall–Kier alpha value is -3.53. The number of carbonyl (C=O) groups excluding carboxylic acids is 1. The summed E-state index contributed by atoms with van der Waals surface area (Å²) in [5, 5.41) is 0. The molecule has 0 radical (unpaired) electrons. The standard InChI is InChI=1S/C23H18N2O2/c26-22-23(13-16-27-22,17-18-11-14-24-15-12-18)25-21(19-7-3-1-4-8-19)20-9-5-2-6-10-20/h1-16H,17H2. The molecule has 0 N–H and O–H groups in total. The van der Waals surface area contributed by atoms with Crippen LogP contribution in [-0.4, -0.2) is 22.2 Å². The van der Waals surface area contributed by atoms with E-state index in [1.165, 1.54) is 6.26 Å². The van der Waals surface area contributed by atoms with Crippen LogP contribution in [0.15, 0.2) is 103 Å². The maximum Gasteiger partial charge on any atom is 0.343 e. The van der Waals surface area contributed by atoms with Crippen LogP contribution in [-0.2, 0) is 16.0 Å². The number of cyclic esters (lactones) is 1. The van der Waals surface area contributed by atoms with Crippen molar-refractivity contribution in [3.8, 4) is 0 Å². The predicted octanol–water partition coefficient (Wildman–Crippen LogP) is 3.97. The second-order valence-electron chi connectivity index (χ2n) is 6.36. The summed E-state index contributed by atoms with van der Waals surface area (Å²) in [7, 11) is 0. The molecule has 132 valence electrons. The summed E-state index contributed by atoms with van der Waals surface area (Å²) in [5.74, 6) is -0.372. The molecule has 2 aromatic carbocycles. The van der Waals surface area contributed by atoms with Gasteiger partial charge >= 0.3 is 5.97 Å². The fraction of sp³-hybridized carbons (Fsp3) is 0.0870. The smallest absolute Gasteiger partial charge is 0.343 e. The lowest BCUT2D eigenvalue weighted by Gasteiger charge is -2.21. The first-order valence-electron chi connectivity index (χ1n) is 8.75. The van der Waals surface area contributed by atoms with Crippen LogP contribution in [0.2, 0.25) is 0 Å². The van der Waals surface area contributed by atoms with Crippen molar-refractivity contribution < 1.29 is 9.53 Å². The van der Waals surface area contributed by atoms with Crippen LogP contribution < -0.4 is 0 Å². The maximum atomic E-state index is 12.7. The van der Waals surface area contributed by atoms with E-state index in [1.807, 2.05) is 72.8 Å².